The molecule has 0 aliphatic carbocycles. The first-order chi connectivity index (χ1) is 5.14. The van der Waals surface area contributed by atoms with Crippen molar-refractivity contribution >= 4 is 5.97 Å². The molecule has 0 aliphatic rings. The molecule has 0 rings (SSSR count). The lowest BCUT2D eigenvalue weighted by Gasteiger charge is -2.20. The van der Waals surface area contributed by atoms with Crippen LogP contribution < -0.4 is 0 Å². The Hall–Kier alpha value is -1.14. The van der Waals surface area contributed by atoms with Gasteiger partial charge in [0, 0.05) is 0 Å². The Morgan fingerprint density at radius 1 is 1.17 bits per heavy atom. The molecule has 0 spiro atoms. The van der Waals surface area contributed by atoms with Crippen LogP contribution >= 0.6 is 0 Å². The molecule has 0 aromatic rings. The van der Waals surface area contributed by atoms with Crippen LogP contribution in [0.2, 0.25) is 0 Å². The molecule has 7 heteroatoms. The van der Waals surface area contributed by atoms with E-state index in [1.165, 1.54) is 0 Å². The molecular formula is C5H3F5O2. The van der Waals surface area contributed by atoms with Gasteiger partial charge in [-0.15, -0.1) is 0 Å². The molecule has 0 heterocycles. The van der Waals surface area contributed by atoms with E-state index in [1.807, 2.05) is 6.58 Å². The third-order valence-corrected chi connectivity index (χ3v) is 1.00. The van der Waals surface area contributed by atoms with E-state index in [0.29, 0.717) is 0 Å². The number of hydrogen-bond acceptors (Lipinski definition) is 1. The number of carboxylic acid groups (broad SMARTS) is 1. The second kappa shape index (κ2) is 2.72. The summed E-state index contributed by atoms with van der Waals surface area (Å²) >= 11 is 0. The zero-order chi connectivity index (χ0) is 10.2. The fraction of sp³-hybridized carbons (Fsp3) is 0.400. The third-order valence-electron chi connectivity index (χ3n) is 1.00. The monoisotopic (exact) mass is 190 g/mol. The molecule has 70 valence electrons. The van der Waals surface area contributed by atoms with E-state index < -0.39 is 23.6 Å². The summed E-state index contributed by atoms with van der Waals surface area (Å²) in [5, 5.41) is 7.59. The predicted octanol–water partition coefficient (Wildman–Crippen LogP) is 1.82. The van der Waals surface area contributed by atoms with Crippen LogP contribution in [0.25, 0.3) is 0 Å². The summed E-state index contributed by atoms with van der Waals surface area (Å²) in [4.78, 5) is 9.53. The van der Waals surface area contributed by atoms with Gasteiger partial charge in [-0.05, 0) is 0 Å². The average Bonchev–Trinajstić information content (AvgIpc) is 1.86. The van der Waals surface area contributed by atoms with Crippen molar-refractivity contribution in [2.45, 2.75) is 11.8 Å². The first kappa shape index (κ1) is 10.9. The summed E-state index contributed by atoms with van der Waals surface area (Å²) in [6, 6.07) is 0. The fourth-order valence-corrected chi connectivity index (χ4v) is 0.305. The second-order valence-electron chi connectivity index (χ2n) is 1.86. The van der Waals surface area contributed by atoms with Crippen LogP contribution in [0.4, 0.5) is 22.0 Å². The van der Waals surface area contributed by atoms with E-state index in [4.69, 9.17) is 5.11 Å². The van der Waals surface area contributed by atoms with E-state index >= 15 is 0 Å². The van der Waals surface area contributed by atoms with E-state index in [9.17, 15) is 26.7 Å². The topological polar surface area (TPSA) is 37.3 Å². The Bertz CT molecular complexity index is 198. The van der Waals surface area contributed by atoms with Gasteiger partial charge in [0.05, 0.1) is 0 Å². The summed E-state index contributed by atoms with van der Waals surface area (Å²) in [6.45, 7) is 1.92. The van der Waals surface area contributed by atoms with Crippen molar-refractivity contribution < 1.29 is 31.9 Å². The van der Waals surface area contributed by atoms with E-state index in [-0.39, 0.29) is 0 Å². The number of allylic oxidation sites excluding steroid dienone is 1. The Morgan fingerprint density at radius 2 is 1.50 bits per heavy atom. The van der Waals surface area contributed by atoms with Crippen molar-refractivity contribution in [1.29, 1.82) is 0 Å². The molecule has 0 aliphatic heterocycles. The summed E-state index contributed by atoms with van der Waals surface area (Å²) in [5.74, 6) is -16.6. The third kappa shape index (κ3) is 1.39. The Labute approximate surface area is 63.3 Å². The molecule has 0 unspecified atom stereocenters. The zero-order valence-corrected chi connectivity index (χ0v) is 5.45. The number of carbonyl (C=O) groups is 1. The SMILES string of the molecule is C=C(F)C(F)(F)C(F)(F)C(=O)O. The highest BCUT2D eigenvalue weighted by Crippen LogP contribution is 2.39. The average molecular weight is 190 g/mol. The fourth-order valence-electron chi connectivity index (χ4n) is 0.305. The van der Waals surface area contributed by atoms with Crippen LogP contribution in [0.3, 0.4) is 0 Å². The minimum atomic E-state index is -5.47. The highest BCUT2D eigenvalue weighted by Gasteiger charge is 2.65. The molecule has 12 heavy (non-hydrogen) atoms. The summed E-state index contributed by atoms with van der Waals surface area (Å²) in [5.41, 5.74) is 0. The van der Waals surface area contributed by atoms with Gasteiger partial charge in [-0.3, -0.25) is 0 Å². The van der Waals surface area contributed by atoms with Crippen molar-refractivity contribution in [1.82, 2.24) is 0 Å². The Morgan fingerprint density at radius 3 is 1.58 bits per heavy atom. The number of alkyl halides is 4. The van der Waals surface area contributed by atoms with Gasteiger partial charge in [0.1, 0.15) is 0 Å². The second-order valence-corrected chi connectivity index (χ2v) is 1.86. The molecule has 0 aromatic heterocycles. The van der Waals surface area contributed by atoms with Crippen LogP contribution in [0.1, 0.15) is 0 Å². The normalized spacial score (nSPS) is 12.8. The first-order valence-corrected chi connectivity index (χ1v) is 2.48. The number of hydrogen-bond donors (Lipinski definition) is 1. The van der Waals surface area contributed by atoms with Crippen molar-refractivity contribution in [3.05, 3.63) is 12.4 Å². The van der Waals surface area contributed by atoms with Crippen LogP contribution in [0, 0.1) is 0 Å². The van der Waals surface area contributed by atoms with Gasteiger partial charge in [0.15, 0.2) is 5.83 Å². The zero-order valence-electron chi connectivity index (χ0n) is 5.45. The summed E-state index contributed by atoms with van der Waals surface area (Å²) in [6.07, 6.45) is 0. The van der Waals surface area contributed by atoms with Gasteiger partial charge in [-0.2, -0.15) is 17.6 Å². The van der Waals surface area contributed by atoms with Crippen LogP contribution in [0.5, 0.6) is 0 Å². The maximum Gasteiger partial charge on any atom is 0.410 e. The van der Waals surface area contributed by atoms with Gasteiger partial charge in [0.25, 0.3) is 0 Å². The van der Waals surface area contributed by atoms with Crippen LogP contribution in [0.15, 0.2) is 12.4 Å². The Balaban J connectivity index is 5.01. The minimum Gasteiger partial charge on any atom is -0.477 e. The van der Waals surface area contributed by atoms with Crippen LogP contribution in [-0.2, 0) is 4.79 Å². The lowest BCUT2D eigenvalue weighted by molar-refractivity contribution is -0.215. The molecule has 0 atom stereocenters. The quantitative estimate of drug-likeness (QED) is 0.689. The number of rotatable bonds is 3. The maximum absolute atomic E-state index is 12.0. The molecule has 0 fully saturated rings. The molecule has 0 aromatic carbocycles. The number of carboxylic acids is 1. The van der Waals surface area contributed by atoms with Crippen molar-refractivity contribution in [2.75, 3.05) is 0 Å². The first-order valence-electron chi connectivity index (χ1n) is 2.48. The van der Waals surface area contributed by atoms with Gasteiger partial charge in [0.2, 0.25) is 0 Å². The van der Waals surface area contributed by atoms with Crippen LogP contribution in [-0.4, -0.2) is 22.9 Å². The standard InChI is InChI=1S/C5H3F5O2/c1-2(6)4(7,8)5(9,10)3(11)12/h1H2,(H,11,12). The molecule has 1 N–H and O–H groups in total. The molecular weight excluding hydrogens is 187 g/mol. The van der Waals surface area contributed by atoms with Gasteiger partial charge >= 0.3 is 17.8 Å². The molecule has 0 saturated heterocycles. The number of halogens is 5. The lowest BCUT2D eigenvalue weighted by atomic mass is 10.1. The molecule has 0 saturated carbocycles. The smallest absolute Gasteiger partial charge is 0.410 e. The summed E-state index contributed by atoms with van der Waals surface area (Å²) < 4.78 is 59.4. The Kier molecular flexibility index (Phi) is 2.46. The van der Waals surface area contributed by atoms with E-state index in [1.54, 1.807) is 0 Å². The molecule has 0 radical (unpaired) electrons. The van der Waals surface area contributed by atoms with Gasteiger partial charge in [-0.25, -0.2) is 9.18 Å². The molecule has 0 amide bonds. The number of aliphatic carboxylic acids is 1. The summed E-state index contributed by atoms with van der Waals surface area (Å²) in [7, 11) is 0. The van der Waals surface area contributed by atoms with Crippen molar-refractivity contribution in [3.63, 3.8) is 0 Å². The van der Waals surface area contributed by atoms with Crippen molar-refractivity contribution in [2.24, 2.45) is 0 Å². The van der Waals surface area contributed by atoms with Gasteiger partial charge in [-0.1, -0.05) is 6.58 Å². The lowest BCUT2D eigenvalue weighted by Crippen LogP contribution is -2.47. The van der Waals surface area contributed by atoms with E-state index in [0.717, 1.165) is 0 Å². The maximum atomic E-state index is 12.0. The minimum absolute atomic E-state index is 1.92. The molecule has 0 bridgehead atoms. The molecule has 2 nitrogen and oxygen atoms in total. The van der Waals surface area contributed by atoms with Gasteiger partial charge < -0.3 is 5.11 Å². The highest BCUT2D eigenvalue weighted by atomic mass is 19.3. The van der Waals surface area contributed by atoms with Crippen molar-refractivity contribution in [3.8, 4) is 0 Å². The predicted molar refractivity (Wildman–Crippen MR) is 27.8 cm³/mol. The van der Waals surface area contributed by atoms with E-state index in [2.05, 4.69) is 0 Å². The highest BCUT2D eigenvalue weighted by molar-refractivity contribution is 5.77. The largest absolute Gasteiger partial charge is 0.477 e.